The largest absolute Gasteiger partial charge is 0.348 e. The van der Waals surface area contributed by atoms with E-state index in [4.69, 9.17) is 4.98 Å². The van der Waals surface area contributed by atoms with Crippen molar-refractivity contribution in [2.45, 2.75) is 78.2 Å². The Morgan fingerprint density at radius 1 is 0.733 bits per heavy atom. The average molecular weight is 595 g/mol. The van der Waals surface area contributed by atoms with E-state index in [0.717, 1.165) is 17.1 Å². The van der Waals surface area contributed by atoms with Crippen LogP contribution in [0.2, 0.25) is 0 Å². The highest BCUT2D eigenvalue weighted by molar-refractivity contribution is 6.07. The van der Waals surface area contributed by atoms with Crippen molar-refractivity contribution in [3.8, 4) is 0 Å². The number of pyridine rings is 1. The first-order valence-electron chi connectivity index (χ1n) is 16.3. The van der Waals surface area contributed by atoms with E-state index in [1.165, 1.54) is 33.0 Å². The van der Waals surface area contributed by atoms with Crippen molar-refractivity contribution in [2.24, 2.45) is 5.41 Å². The van der Waals surface area contributed by atoms with E-state index in [1.807, 2.05) is 6.07 Å². The predicted molar refractivity (Wildman–Crippen MR) is 188 cm³/mol. The zero-order valence-corrected chi connectivity index (χ0v) is 27.9. The number of rotatable bonds is 6. The number of fused-ring (bicyclic) bond motifs is 2. The van der Waals surface area contributed by atoms with E-state index in [1.54, 1.807) is 0 Å². The van der Waals surface area contributed by atoms with Gasteiger partial charge in [0.2, 0.25) is 0 Å². The molecule has 5 aromatic rings. The zero-order valence-electron chi connectivity index (χ0n) is 27.9. The van der Waals surface area contributed by atoms with Crippen molar-refractivity contribution in [1.29, 1.82) is 0 Å². The fourth-order valence-electron chi connectivity index (χ4n) is 6.92. The summed E-state index contributed by atoms with van der Waals surface area (Å²) >= 11 is 0. The fraction of sp³-hybridized carbons (Fsp3) is 0.333. The van der Waals surface area contributed by atoms with Crippen molar-refractivity contribution < 1.29 is 4.79 Å². The standard InChI is InChI=1S/C42H46N2O/c1-29(31-20-22-34(23-21-31)40(2,3)4)44-28-42(26-30-14-9-8-10-15-30,27-33-18-13-17-32-16-11-12-19-35(32)33)38(45)36-24-25-37(41(5,6)7)43-39(36)44/h8-25,29H,26-28H2,1-7H3. The van der Waals surface area contributed by atoms with Gasteiger partial charge in [0, 0.05) is 17.7 Å². The van der Waals surface area contributed by atoms with E-state index >= 15 is 4.79 Å². The SMILES string of the molecule is CC(c1ccc(C(C)(C)C)cc1)N1CC(Cc2ccccc2)(Cc2cccc3ccccc23)C(=O)c2ccc(C(C)(C)C)nc21. The Morgan fingerprint density at radius 3 is 2.09 bits per heavy atom. The van der Waals surface area contributed by atoms with Crippen LogP contribution in [0.3, 0.4) is 0 Å². The molecule has 4 aromatic carbocycles. The smallest absolute Gasteiger partial charge is 0.175 e. The molecule has 0 bridgehead atoms. The molecule has 0 spiro atoms. The number of carbonyl (C=O) groups is 1. The maximum absolute atomic E-state index is 15.0. The molecule has 0 saturated heterocycles. The van der Waals surface area contributed by atoms with E-state index < -0.39 is 5.41 Å². The van der Waals surface area contributed by atoms with Crippen molar-refractivity contribution in [3.05, 3.63) is 143 Å². The van der Waals surface area contributed by atoms with Gasteiger partial charge in [-0.2, -0.15) is 0 Å². The molecular weight excluding hydrogens is 548 g/mol. The van der Waals surface area contributed by atoms with Crippen LogP contribution in [0.5, 0.6) is 0 Å². The van der Waals surface area contributed by atoms with Gasteiger partial charge in [0.05, 0.1) is 17.0 Å². The van der Waals surface area contributed by atoms with E-state index in [2.05, 4.69) is 156 Å². The first-order valence-corrected chi connectivity index (χ1v) is 16.3. The lowest BCUT2D eigenvalue weighted by Crippen LogP contribution is -2.52. The quantitative estimate of drug-likeness (QED) is 0.196. The molecule has 0 N–H and O–H groups in total. The Bertz CT molecular complexity index is 1820. The minimum Gasteiger partial charge on any atom is -0.348 e. The highest BCUT2D eigenvalue weighted by Gasteiger charge is 2.48. The van der Waals surface area contributed by atoms with Gasteiger partial charge >= 0.3 is 0 Å². The number of hydrogen-bond acceptors (Lipinski definition) is 3. The van der Waals surface area contributed by atoms with Crippen molar-refractivity contribution in [1.82, 2.24) is 4.98 Å². The number of benzene rings is 4. The number of nitrogens with zero attached hydrogens (tertiary/aromatic N) is 2. The van der Waals surface area contributed by atoms with Crippen LogP contribution in [0.25, 0.3) is 10.8 Å². The summed E-state index contributed by atoms with van der Waals surface area (Å²) in [5.41, 5.74) is 5.92. The summed E-state index contributed by atoms with van der Waals surface area (Å²) in [7, 11) is 0. The molecule has 1 aromatic heterocycles. The molecular formula is C42H46N2O. The number of carbonyl (C=O) groups excluding carboxylic acids is 1. The maximum Gasteiger partial charge on any atom is 0.175 e. The normalized spacial score (nSPS) is 17.8. The lowest BCUT2D eigenvalue weighted by molar-refractivity contribution is 0.0779. The summed E-state index contributed by atoms with van der Waals surface area (Å²) in [5.74, 6) is 0.996. The molecule has 1 aliphatic rings. The Balaban J connectivity index is 1.53. The second-order valence-electron chi connectivity index (χ2n) is 15.1. The summed E-state index contributed by atoms with van der Waals surface area (Å²) in [6, 6.07) is 38.7. The predicted octanol–water partition coefficient (Wildman–Crippen LogP) is 10.1. The Labute approximate surface area is 269 Å². The molecule has 45 heavy (non-hydrogen) atoms. The van der Waals surface area contributed by atoms with Gasteiger partial charge in [-0.05, 0) is 70.3 Å². The van der Waals surface area contributed by atoms with Crippen molar-refractivity contribution >= 4 is 22.4 Å². The van der Waals surface area contributed by atoms with E-state index in [-0.39, 0.29) is 22.7 Å². The number of aromatic nitrogens is 1. The molecule has 0 aliphatic carbocycles. The molecule has 2 unspecified atom stereocenters. The van der Waals surface area contributed by atoms with Crippen LogP contribution in [0.15, 0.2) is 109 Å². The molecule has 1 aliphatic heterocycles. The molecule has 0 radical (unpaired) electrons. The summed E-state index contributed by atoms with van der Waals surface area (Å²) in [5, 5.41) is 2.42. The van der Waals surface area contributed by atoms with Crippen LogP contribution >= 0.6 is 0 Å². The topological polar surface area (TPSA) is 33.2 Å². The highest BCUT2D eigenvalue weighted by Crippen LogP contribution is 2.45. The molecule has 2 atom stereocenters. The maximum atomic E-state index is 15.0. The molecule has 3 heteroatoms. The first kappa shape index (κ1) is 30.8. The van der Waals surface area contributed by atoms with Crippen LogP contribution in [0, 0.1) is 5.41 Å². The summed E-state index contributed by atoms with van der Waals surface area (Å²) in [6.07, 6.45) is 1.30. The van der Waals surface area contributed by atoms with Gasteiger partial charge in [0.25, 0.3) is 0 Å². The number of hydrogen-bond donors (Lipinski definition) is 0. The van der Waals surface area contributed by atoms with Crippen molar-refractivity contribution in [3.63, 3.8) is 0 Å². The third-order valence-corrected chi connectivity index (χ3v) is 9.64. The van der Waals surface area contributed by atoms with Gasteiger partial charge < -0.3 is 4.90 Å². The third-order valence-electron chi connectivity index (χ3n) is 9.64. The second kappa shape index (κ2) is 11.6. The third kappa shape index (κ3) is 6.06. The van der Waals surface area contributed by atoms with Crippen LogP contribution in [-0.4, -0.2) is 17.3 Å². The Hall–Kier alpha value is -4.24. The van der Waals surface area contributed by atoms with Gasteiger partial charge in [-0.3, -0.25) is 4.79 Å². The lowest BCUT2D eigenvalue weighted by atomic mass is 9.68. The number of ketones is 1. The highest BCUT2D eigenvalue weighted by atomic mass is 16.1. The number of anilines is 1. The molecule has 0 amide bonds. The average Bonchev–Trinajstić information content (AvgIpc) is 3.02. The van der Waals surface area contributed by atoms with Crippen LogP contribution in [0.1, 0.15) is 92.8 Å². The monoisotopic (exact) mass is 594 g/mol. The molecule has 3 nitrogen and oxygen atoms in total. The Morgan fingerprint density at radius 2 is 1.40 bits per heavy atom. The summed E-state index contributed by atoms with van der Waals surface area (Å²) < 4.78 is 0. The van der Waals surface area contributed by atoms with E-state index in [0.29, 0.717) is 19.4 Å². The van der Waals surface area contributed by atoms with Gasteiger partial charge in [-0.1, -0.05) is 139 Å². The minimum absolute atomic E-state index is 0.0243. The summed E-state index contributed by atoms with van der Waals surface area (Å²) in [6.45, 7) is 16.2. The van der Waals surface area contributed by atoms with Gasteiger partial charge in [0.1, 0.15) is 5.82 Å². The van der Waals surface area contributed by atoms with E-state index in [9.17, 15) is 0 Å². The van der Waals surface area contributed by atoms with Crippen LogP contribution in [-0.2, 0) is 23.7 Å². The van der Waals surface area contributed by atoms with Gasteiger partial charge in [-0.25, -0.2) is 4.98 Å². The molecule has 2 heterocycles. The molecule has 6 rings (SSSR count). The molecule has 0 saturated carbocycles. The molecule has 230 valence electrons. The lowest BCUT2D eigenvalue weighted by Gasteiger charge is -2.46. The minimum atomic E-state index is -0.678. The molecule has 0 fully saturated rings. The van der Waals surface area contributed by atoms with Crippen LogP contribution in [0.4, 0.5) is 5.82 Å². The van der Waals surface area contributed by atoms with Crippen LogP contribution < -0.4 is 4.90 Å². The second-order valence-corrected chi connectivity index (χ2v) is 15.1. The first-order chi connectivity index (χ1) is 21.4. The van der Waals surface area contributed by atoms with Crippen molar-refractivity contribution in [2.75, 3.05) is 11.4 Å². The number of Topliss-reactive ketones (excluding diaryl/α,β-unsaturated/α-hetero) is 1. The Kier molecular flexibility index (Phi) is 7.93. The van der Waals surface area contributed by atoms with Gasteiger partial charge in [0.15, 0.2) is 5.78 Å². The van der Waals surface area contributed by atoms with Gasteiger partial charge in [-0.15, -0.1) is 0 Å². The summed E-state index contributed by atoms with van der Waals surface area (Å²) in [4.78, 5) is 22.7. The fourth-order valence-corrected chi connectivity index (χ4v) is 6.92. The zero-order chi connectivity index (χ0) is 32.0.